The van der Waals surface area contributed by atoms with Gasteiger partial charge in [-0.15, -0.1) is 0 Å². The number of rotatable bonds is 6. The molecule has 0 spiro atoms. The van der Waals surface area contributed by atoms with E-state index in [1.54, 1.807) is 0 Å². The van der Waals surface area contributed by atoms with Gasteiger partial charge in [0, 0.05) is 12.6 Å². The molecule has 0 heterocycles. The molecule has 0 aliphatic heterocycles. The van der Waals surface area contributed by atoms with E-state index in [1.165, 1.54) is 19.4 Å². The van der Waals surface area contributed by atoms with Crippen molar-refractivity contribution >= 4 is 0 Å². The first-order valence-corrected chi connectivity index (χ1v) is 4.74. The van der Waals surface area contributed by atoms with Gasteiger partial charge in [0.1, 0.15) is 0 Å². The van der Waals surface area contributed by atoms with E-state index >= 15 is 0 Å². The molecule has 0 aromatic rings. The van der Waals surface area contributed by atoms with Crippen LogP contribution in [0.1, 0.15) is 33.6 Å². The molecule has 0 aliphatic carbocycles. The highest BCUT2D eigenvalue weighted by Crippen LogP contribution is 2.02. The smallest absolute Gasteiger partial charge is 0.0215 e. The van der Waals surface area contributed by atoms with Crippen LogP contribution in [0, 0.1) is 0 Å². The summed E-state index contributed by atoms with van der Waals surface area (Å²) in [7, 11) is 0. The molecule has 0 fully saturated rings. The maximum Gasteiger partial charge on any atom is 0.0215 e. The van der Waals surface area contributed by atoms with Gasteiger partial charge >= 0.3 is 0 Å². The summed E-state index contributed by atoms with van der Waals surface area (Å²) in [4.78, 5) is 2.46. The number of nitrogens with two attached hydrogens (primary N) is 1. The fraction of sp³-hybridized carbons (Fsp3) is 1.00. The molecule has 1 atom stereocenters. The minimum atomic E-state index is 0.597. The Labute approximate surface area is 70.8 Å². The zero-order valence-electron chi connectivity index (χ0n) is 8.14. The molecule has 0 rings (SSSR count). The van der Waals surface area contributed by atoms with Gasteiger partial charge in [0.15, 0.2) is 0 Å². The van der Waals surface area contributed by atoms with Crippen LogP contribution < -0.4 is 5.73 Å². The third-order valence-electron chi connectivity index (χ3n) is 2.18. The predicted octanol–water partition coefficient (Wildman–Crippen LogP) is 1.46. The third-order valence-corrected chi connectivity index (χ3v) is 2.18. The van der Waals surface area contributed by atoms with Gasteiger partial charge in [-0.25, -0.2) is 0 Å². The van der Waals surface area contributed by atoms with E-state index in [4.69, 9.17) is 5.73 Å². The Morgan fingerprint density at radius 1 is 1.27 bits per heavy atom. The summed E-state index contributed by atoms with van der Waals surface area (Å²) in [5.41, 5.74) is 5.65. The van der Waals surface area contributed by atoms with Crippen LogP contribution in [0.15, 0.2) is 0 Å². The number of hydrogen-bond acceptors (Lipinski definition) is 2. The minimum Gasteiger partial charge on any atom is -0.329 e. The molecule has 11 heavy (non-hydrogen) atoms. The van der Waals surface area contributed by atoms with E-state index in [0.717, 1.165) is 13.1 Å². The topological polar surface area (TPSA) is 29.3 Å². The van der Waals surface area contributed by atoms with Crippen molar-refractivity contribution < 1.29 is 0 Å². The molecule has 0 aromatic carbocycles. The molecule has 2 heteroatoms. The molecule has 0 aliphatic rings. The van der Waals surface area contributed by atoms with Crippen LogP contribution in [-0.4, -0.2) is 30.6 Å². The normalized spacial score (nSPS) is 13.9. The average molecular weight is 158 g/mol. The van der Waals surface area contributed by atoms with Crippen molar-refractivity contribution in [3.8, 4) is 0 Å². The Bertz CT molecular complexity index is 79.6. The third kappa shape index (κ3) is 3.73. The van der Waals surface area contributed by atoms with Gasteiger partial charge in [-0.2, -0.15) is 0 Å². The first-order valence-electron chi connectivity index (χ1n) is 4.74. The molecule has 0 radical (unpaired) electrons. The summed E-state index contributed by atoms with van der Waals surface area (Å²) in [5.74, 6) is 0. The molecule has 0 saturated heterocycles. The second-order valence-corrected chi connectivity index (χ2v) is 2.93. The van der Waals surface area contributed by atoms with E-state index in [9.17, 15) is 0 Å². The average Bonchev–Trinajstić information content (AvgIpc) is 2.05. The van der Waals surface area contributed by atoms with Crippen LogP contribution in [-0.2, 0) is 0 Å². The molecular weight excluding hydrogens is 136 g/mol. The Morgan fingerprint density at radius 3 is 2.18 bits per heavy atom. The van der Waals surface area contributed by atoms with E-state index in [0.29, 0.717) is 6.04 Å². The summed E-state index contributed by atoms with van der Waals surface area (Å²) in [5, 5.41) is 0. The standard InChI is InChI=1S/C9H22N2/c1-4-7-11(6-3)9(5-2)8-10/h9H,4-8,10H2,1-3H3. The Morgan fingerprint density at radius 2 is 1.91 bits per heavy atom. The van der Waals surface area contributed by atoms with Crippen molar-refractivity contribution in [2.45, 2.75) is 39.7 Å². The number of likely N-dealkylation sites (N-methyl/N-ethyl adjacent to an activating group) is 1. The van der Waals surface area contributed by atoms with Crippen LogP contribution in [0.2, 0.25) is 0 Å². The van der Waals surface area contributed by atoms with Crippen molar-refractivity contribution in [2.24, 2.45) is 5.73 Å². The van der Waals surface area contributed by atoms with Crippen molar-refractivity contribution in [1.82, 2.24) is 4.90 Å². The fourth-order valence-electron chi connectivity index (χ4n) is 1.46. The monoisotopic (exact) mass is 158 g/mol. The lowest BCUT2D eigenvalue weighted by Crippen LogP contribution is -2.40. The Hall–Kier alpha value is -0.0800. The lowest BCUT2D eigenvalue weighted by atomic mass is 10.2. The second-order valence-electron chi connectivity index (χ2n) is 2.93. The maximum atomic E-state index is 5.65. The lowest BCUT2D eigenvalue weighted by molar-refractivity contribution is 0.206. The van der Waals surface area contributed by atoms with E-state index in [-0.39, 0.29) is 0 Å². The predicted molar refractivity (Wildman–Crippen MR) is 50.7 cm³/mol. The zero-order chi connectivity index (χ0) is 8.69. The van der Waals surface area contributed by atoms with Gasteiger partial charge in [-0.1, -0.05) is 20.8 Å². The quantitative estimate of drug-likeness (QED) is 0.634. The number of nitrogens with zero attached hydrogens (tertiary/aromatic N) is 1. The van der Waals surface area contributed by atoms with Crippen LogP contribution >= 0.6 is 0 Å². The van der Waals surface area contributed by atoms with E-state index in [1.807, 2.05) is 0 Å². The molecule has 68 valence electrons. The van der Waals surface area contributed by atoms with Gasteiger partial charge in [0.05, 0.1) is 0 Å². The van der Waals surface area contributed by atoms with Crippen LogP contribution in [0.4, 0.5) is 0 Å². The Balaban J connectivity index is 3.76. The van der Waals surface area contributed by atoms with Gasteiger partial charge in [-0.05, 0) is 25.9 Å². The van der Waals surface area contributed by atoms with E-state index < -0.39 is 0 Å². The summed E-state index contributed by atoms with van der Waals surface area (Å²) in [6.07, 6.45) is 2.40. The van der Waals surface area contributed by atoms with Crippen molar-refractivity contribution in [3.05, 3.63) is 0 Å². The second kappa shape index (κ2) is 6.62. The van der Waals surface area contributed by atoms with Crippen LogP contribution in [0.5, 0.6) is 0 Å². The molecule has 0 amide bonds. The highest BCUT2D eigenvalue weighted by Gasteiger charge is 2.11. The molecular formula is C9H22N2. The molecule has 2 nitrogen and oxygen atoms in total. The van der Waals surface area contributed by atoms with Crippen LogP contribution in [0.3, 0.4) is 0 Å². The molecule has 0 bridgehead atoms. The van der Waals surface area contributed by atoms with E-state index in [2.05, 4.69) is 25.7 Å². The lowest BCUT2D eigenvalue weighted by Gasteiger charge is -2.28. The van der Waals surface area contributed by atoms with Crippen molar-refractivity contribution in [2.75, 3.05) is 19.6 Å². The largest absolute Gasteiger partial charge is 0.329 e. The first kappa shape index (κ1) is 10.9. The van der Waals surface area contributed by atoms with Gasteiger partial charge < -0.3 is 5.73 Å². The minimum absolute atomic E-state index is 0.597. The highest BCUT2D eigenvalue weighted by atomic mass is 15.2. The maximum absolute atomic E-state index is 5.65. The Kier molecular flexibility index (Phi) is 6.57. The molecule has 1 unspecified atom stereocenters. The first-order chi connectivity index (χ1) is 5.29. The molecule has 0 saturated carbocycles. The summed E-state index contributed by atoms with van der Waals surface area (Å²) in [6, 6.07) is 0.597. The summed E-state index contributed by atoms with van der Waals surface area (Å²) in [6.45, 7) is 9.73. The fourth-order valence-corrected chi connectivity index (χ4v) is 1.46. The van der Waals surface area contributed by atoms with Gasteiger partial charge in [0.2, 0.25) is 0 Å². The molecule has 2 N–H and O–H groups in total. The van der Waals surface area contributed by atoms with Gasteiger partial charge in [-0.3, -0.25) is 4.90 Å². The van der Waals surface area contributed by atoms with Crippen molar-refractivity contribution in [3.63, 3.8) is 0 Å². The van der Waals surface area contributed by atoms with Crippen LogP contribution in [0.25, 0.3) is 0 Å². The summed E-state index contributed by atoms with van der Waals surface area (Å²) < 4.78 is 0. The summed E-state index contributed by atoms with van der Waals surface area (Å²) >= 11 is 0. The highest BCUT2D eigenvalue weighted by molar-refractivity contribution is 4.69. The zero-order valence-corrected chi connectivity index (χ0v) is 8.14. The van der Waals surface area contributed by atoms with Crippen molar-refractivity contribution in [1.29, 1.82) is 0 Å². The number of hydrogen-bond donors (Lipinski definition) is 1. The molecule has 0 aromatic heterocycles. The SMILES string of the molecule is CCCN(CC)C(CC)CN. The van der Waals surface area contributed by atoms with Gasteiger partial charge in [0.25, 0.3) is 0 Å².